The molecule has 1 N–H and O–H groups in total. The summed E-state index contributed by atoms with van der Waals surface area (Å²) in [7, 11) is 0. The van der Waals surface area contributed by atoms with Gasteiger partial charge in [0.1, 0.15) is 5.60 Å². The van der Waals surface area contributed by atoms with Gasteiger partial charge < -0.3 is 5.11 Å². The number of hydrogen-bond donors (Lipinski definition) is 1. The number of rotatable bonds is 3. The minimum atomic E-state index is -1.46. The van der Waals surface area contributed by atoms with Crippen LogP contribution in [0.25, 0.3) is 0 Å². The predicted molar refractivity (Wildman–Crippen MR) is 32.0 cm³/mol. The Morgan fingerprint density at radius 3 is 2.33 bits per heavy atom. The van der Waals surface area contributed by atoms with E-state index in [2.05, 4.69) is 0 Å². The number of ketones is 1. The van der Waals surface area contributed by atoms with E-state index < -0.39 is 11.4 Å². The second kappa shape index (κ2) is 2.73. The van der Waals surface area contributed by atoms with E-state index in [4.69, 9.17) is 5.11 Å². The van der Waals surface area contributed by atoms with Gasteiger partial charge in [0.2, 0.25) is 5.78 Å². The highest BCUT2D eigenvalue weighted by atomic mass is 16.3. The fraction of sp³-hybridized carbons (Fsp3) is 0.667. The maximum Gasteiger partial charge on any atom is 0.226 e. The van der Waals surface area contributed by atoms with Gasteiger partial charge in [-0.3, -0.25) is 9.59 Å². The molecule has 3 heteroatoms. The molecular formula is C6H10O3. The predicted octanol–water partition coefficient (Wildman–Crippen LogP) is -0.0846. The summed E-state index contributed by atoms with van der Waals surface area (Å²) in [4.78, 5) is 20.2. The van der Waals surface area contributed by atoms with Crippen molar-refractivity contribution in [3.63, 3.8) is 0 Å². The van der Waals surface area contributed by atoms with E-state index in [-0.39, 0.29) is 12.7 Å². The Morgan fingerprint density at radius 1 is 1.78 bits per heavy atom. The lowest BCUT2D eigenvalue weighted by Crippen LogP contribution is -2.34. The lowest BCUT2D eigenvalue weighted by molar-refractivity contribution is -0.142. The molecule has 0 saturated carbocycles. The molecule has 0 bridgehead atoms. The number of Topliss-reactive ketones (excluding diaryl/α,β-unsaturated/α-hetero) is 1. The molecule has 0 rings (SSSR count). The van der Waals surface area contributed by atoms with Crippen molar-refractivity contribution in [2.75, 3.05) is 0 Å². The van der Waals surface area contributed by atoms with Crippen LogP contribution in [0.4, 0.5) is 0 Å². The summed E-state index contributed by atoms with van der Waals surface area (Å²) in [6.07, 6.45) is 0.411. The van der Waals surface area contributed by atoms with Crippen LogP contribution in [-0.2, 0) is 9.59 Å². The highest BCUT2D eigenvalue weighted by molar-refractivity contribution is 6.28. The van der Waals surface area contributed by atoms with Crippen LogP contribution in [0.3, 0.4) is 0 Å². The van der Waals surface area contributed by atoms with Gasteiger partial charge in [0.15, 0.2) is 6.29 Å². The van der Waals surface area contributed by atoms with Gasteiger partial charge in [-0.2, -0.15) is 0 Å². The van der Waals surface area contributed by atoms with E-state index in [9.17, 15) is 9.59 Å². The van der Waals surface area contributed by atoms with Crippen LogP contribution in [0.1, 0.15) is 20.3 Å². The second-order valence-electron chi connectivity index (χ2n) is 2.11. The third-order valence-corrected chi connectivity index (χ3v) is 1.33. The minimum Gasteiger partial charge on any atom is -0.382 e. The SMILES string of the molecule is CCC(C)(O)C(=O)C=O. The van der Waals surface area contributed by atoms with E-state index in [1.54, 1.807) is 6.92 Å². The molecule has 9 heavy (non-hydrogen) atoms. The molecule has 0 aromatic carbocycles. The monoisotopic (exact) mass is 130 g/mol. The summed E-state index contributed by atoms with van der Waals surface area (Å²) < 4.78 is 0. The summed E-state index contributed by atoms with van der Waals surface area (Å²) in [5.41, 5.74) is -1.46. The number of aldehydes is 1. The molecule has 0 heterocycles. The van der Waals surface area contributed by atoms with Crippen LogP contribution >= 0.6 is 0 Å². The van der Waals surface area contributed by atoms with Crippen molar-refractivity contribution in [3.8, 4) is 0 Å². The van der Waals surface area contributed by atoms with Crippen molar-refractivity contribution in [2.24, 2.45) is 0 Å². The molecule has 0 amide bonds. The number of carbonyl (C=O) groups is 2. The van der Waals surface area contributed by atoms with Crippen LogP contribution in [0.2, 0.25) is 0 Å². The highest BCUT2D eigenvalue weighted by Gasteiger charge is 2.26. The maximum absolute atomic E-state index is 10.4. The Bertz CT molecular complexity index is 126. The lowest BCUT2D eigenvalue weighted by Gasteiger charge is -2.14. The van der Waals surface area contributed by atoms with E-state index >= 15 is 0 Å². The Balaban J connectivity index is 4.13. The van der Waals surface area contributed by atoms with Gasteiger partial charge in [0.25, 0.3) is 0 Å². The van der Waals surface area contributed by atoms with Crippen molar-refractivity contribution in [1.29, 1.82) is 0 Å². The van der Waals surface area contributed by atoms with Gasteiger partial charge in [-0.15, -0.1) is 0 Å². The summed E-state index contributed by atoms with van der Waals surface area (Å²) >= 11 is 0. The summed E-state index contributed by atoms with van der Waals surface area (Å²) in [5, 5.41) is 9.01. The number of aliphatic hydroxyl groups is 1. The zero-order chi connectivity index (χ0) is 7.49. The molecule has 0 aromatic rings. The average molecular weight is 130 g/mol. The van der Waals surface area contributed by atoms with Crippen molar-refractivity contribution < 1.29 is 14.7 Å². The second-order valence-corrected chi connectivity index (χ2v) is 2.11. The van der Waals surface area contributed by atoms with Crippen LogP contribution in [0.15, 0.2) is 0 Å². The van der Waals surface area contributed by atoms with Crippen molar-refractivity contribution in [1.82, 2.24) is 0 Å². The first kappa shape index (κ1) is 8.30. The van der Waals surface area contributed by atoms with Crippen LogP contribution in [0.5, 0.6) is 0 Å². The number of carbonyl (C=O) groups excluding carboxylic acids is 2. The van der Waals surface area contributed by atoms with Crippen LogP contribution in [0, 0.1) is 0 Å². The summed E-state index contributed by atoms with van der Waals surface area (Å²) in [6, 6.07) is 0. The fourth-order valence-electron chi connectivity index (χ4n) is 0.301. The Kier molecular flexibility index (Phi) is 2.52. The van der Waals surface area contributed by atoms with E-state index in [1.165, 1.54) is 6.92 Å². The van der Waals surface area contributed by atoms with Crippen LogP contribution < -0.4 is 0 Å². The maximum atomic E-state index is 10.4. The molecule has 0 aromatic heterocycles. The van der Waals surface area contributed by atoms with Gasteiger partial charge in [-0.05, 0) is 13.3 Å². The molecule has 0 fully saturated rings. The van der Waals surface area contributed by atoms with Gasteiger partial charge in [0, 0.05) is 0 Å². The Morgan fingerprint density at radius 2 is 2.22 bits per heavy atom. The zero-order valence-corrected chi connectivity index (χ0v) is 5.55. The third kappa shape index (κ3) is 1.93. The largest absolute Gasteiger partial charge is 0.382 e. The molecule has 0 spiro atoms. The van der Waals surface area contributed by atoms with Crippen molar-refractivity contribution in [2.45, 2.75) is 25.9 Å². The van der Waals surface area contributed by atoms with E-state index in [0.717, 1.165) is 0 Å². The normalized spacial score (nSPS) is 16.3. The minimum absolute atomic E-state index is 0.142. The Hall–Kier alpha value is -0.700. The van der Waals surface area contributed by atoms with Gasteiger partial charge in [0.05, 0.1) is 0 Å². The van der Waals surface area contributed by atoms with Crippen molar-refractivity contribution in [3.05, 3.63) is 0 Å². The number of hydrogen-bond acceptors (Lipinski definition) is 3. The third-order valence-electron chi connectivity index (χ3n) is 1.33. The quantitative estimate of drug-likeness (QED) is 0.429. The van der Waals surface area contributed by atoms with Gasteiger partial charge >= 0.3 is 0 Å². The molecule has 0 aliphatic rings. The molecule has 3 nitrogen and oxygen atoms in total. The molecule has 0 aliphatic carbocycles. The Labute approximate surface area is 53.7 Å². The molecule has 1 atom stereocenters. The van der Waals surface area contributed by atoms with Crippen LogP contribution in [-0.4, -0.2) is 22.8 Å². The molecule has 0 radical (unpaired) electrons. The summed E-state index contributed by atoms with van der Waals surface area (Å²) in [5.74, 6) is -0.759. The van der Waals surface area contributed by atoms with Gasteiger partial charge in [-0.1, -0.05) is 6.92 Å². The average Bonchev–Trinajstić information content (AvgIpc) is 1.86. The standard InChI is InChI=1S/C6H10O3/c1-3-6(2,9)5(8)4-7/h4,9H,3H2,1-2H3. The molecule has 1 unspecified atom stereocenters. The summed E-state index contributed by atoms with van der Waals surface area (Å²) in [6.45, 7) is 2.96. The molecular weight excluding hydrogens is 120 g/mol. The highest BCUT2D eigenvalue weighted by Crippen LogP contribution is 2.07. The fourth-order valence-corrected chi connectivity index (χ4v) is 0.301. The molecule has 0 saturated heterocycles. The lowest BCUT2D eigenvalue weighted by atomic mass is 9.99. The topological polar surface area (TPSA) is 54.4 Å². The first-order valence-corrected chi connectivity index (χ1v) is 2.76. The first-order chi connectivity index (χ1) is 4.04. The smallest absolute Gasteiger partial charge is 0.226 e. The molecule has 0 aliphatic heterocycles. The van der Waals surface area contributed by atoms with Gasteiger partial charge in [-0.25, -0.2) is 0 Å². The van der Waals surface area contributed by atoms with Crippen molar-refractivity contribution >= 4 is 12.1 Å². The van der Waals surface area contributed by atoms with E-state index in [0.29, 0.717) is 0 Å². The van der Waals surface area contributed by atoms with E-state index in [1.807, 2.05) is 0 Å². The zero-order valence-electron chi connectivity index (χ0n) is 5.55. The molecule has 52 valence electrons. The first-order valence-electron chi connectivity index (χ1n) is 2.76.